The number of amides is 1. The highest BCUT2D eigenvalue weighted by molar-refractivity contribution is 6.00. The first-order chi connectivity index (χ1) is 7.69. The summed E-state index contributed by atoms with van der Waals surface area (Å²) in [4.78, 5) is 11.8. The van der Waals surface area contributed by atoms with Crippen molar-refractivity contribution in [3.8, 4) is 0 Å². The van der Waals surface area contributed by atoms with Crippen molar-refractivity contribution < 1.29 is 4.79 Å². The maximum atomic E-state index is 11.8. The van der Waals surface area contributed by atoms with Crippen molar-refractivity contribution in [1.82, 2.24) is 5.32 Å². The van der Waals surface area contributed by atoms with Crippen LogP contribution in [-0.2, 0) is 0 Å². The summed E-state index contributed by atoms with van der Waals surface area (Å²) in [6.45, 7) is 5.46. The fourth-order valence-electron chi connectivity index (χ4n) is 1.43. The molecule has 0 aliphatic rings. The zero-order valence-corrected chi connectivity index (χ0v) is 9.84. The molecule has 4 N–H and O–H groups in total. The lowest BCUT2D eigenvalue weighted by Gasteiger charge is -2.11. The van der Waals surface area contributed by atoms with Gasteiger partial charge in [0.1, 0.15) is 0 Å². The Morgan fingerprint density at radius 1 is 1.38 bits per heavy atom. The van der Waals surface area contributed by atoms with Gasteiger partial charge in [0.2, 0.25) is 0 Å². The highest BCUT2D eigenvalue weighted by atomic mass is 16.1. The molecule has 0 radical (unpaired) electrons. The summed E-state index contributed by atoms with van der Waals surface area (Å²) in [7, 11) is 0. The highest BCUT2D eigenvalue weighted by Crippen LogP contribution is 2.18. The van der Waals surface area contributed by atoms with Crippen LogP contribution in [0.15, 0.2) is 18.2 Å². The second kappa shape index (κ2) is 6.00. The molecule has 1 aromatic rings. The van der Waals surface area contributed by atoms with Gasteiger partial charge in [0.05, 0.1) is 5.56 Å². The number of nitrogens with one attached hydrogen (secondary N) is 2. The minimum Gasteiger partial charge on any atom is -0.399 e. The maximum Gasteiger partial charge on any atom is 0.253 e. The van der Waals surface area contributed by atoms with Gasteiger partial charge in [-0.15, -0.1) is 0 Å². The summed E-state index contributed by atoms with van der Waals surface area (Å²) in [5, 5.41) is 5.98. The molecule has 0 spiro atoms. The van der Waals surface area contributed by atoms with Gasteiger partial charge in [0.15, 0.2) is 0 Å². The Morgan fingerprint density at radius 2 is 2.12 bits per heavy atom. The van der Waals surface area contributed by atoms with E-state index in [0.29, 0.717) is 17.8 Å². The molecule has 0 bridgehead atoms. The second-order valence-corrected chi connectivity index (χ2v) is 3.59. The van der Waals surface area contributed by atoms with Crippen LogP contribution in [0, 0.1) is 0 Å². The van der Waals surface area contributed by atoms with Crippen molar-refractivity contribution in [2.75, 3.05) is 24.1 Å². The highest BCUT2D eigenvalue weighted by Gasteiger charge is 2.10. The Labute approximate surface area is 96.2 Å². The molecule has 88 valence electrons. The Bertz CT molecular complexity index is 363. The number of hydrogen-bond acceptors (Lipinski definition) is 3. The third-order valence-electron chi connectivity index (χ3n) is 2.19. The monoisotopic (exact) mass is 221 g/mol. The van der Waals surface area contributed by atoms with Gasteiger partial charge in [-0.2, -0.15) is 0 Å². The van der Waals surface area contributed by atoms with E-state index in [4.69, 9.17) is 5.73 Å². The molecule has 0 fully saturated rings. The van der Waals surface area contributed by atoms with Crippen LogP contribution in [-0.4, -0.2) is 19.0 Å². The van der Waals surface area contributed by atoms with Crippen LogP contribution >= 0.6 is 0 Å². The summed E-state index contributed by atoms with van der Waals surface area (Å²) >= 11 is 0. The molecule has 4 nitrogen and oxygen atoms in total. The Kier molecular flexibility index (Phi) is 4.64. The molecule has 0 saturated heterocycles. The van der Waals surface area contributed by atoms with Gasteiger partial charge in [0.25, 0.3) is 5.91 Å². The Hall–Kier alpha value is -1.71. The number of nitrogens with two attached hydrogens (primary N) is 1. The lowest BCUT2D eigenvalue weighted by molar-refractivity contribution is 0.0954. The average molecular weight is 221 g/mol. The van der Waals surface area contributed by atoms with E-state index in [0.717, 1.165) is 18.7 Å². The molecule has 16 heavy (non-hydrogen) atoms. The molecule has 0 atom stereocenters. The van der Waals surface area contributed by atoms with E-state index < -0.39 is 0 Å². The predicted molar refractivity (Wildman–Crippen MR) is 67.6 cm³/mol. The first-order valence-electron chi connectivity index (χ1n) is 5.60. The number of benzene rings is 1. The molecular weight excluding hydrogens is 202 g/mol. The van der Waals surface area contributed by atoms with Crippen LogP contribution < -0.4 is 16.4 Å². The SMILES string of the molecule is CCCNC(=O)c1cc(N)ccc1NCC. The molecule has 0 aromatic heterocycles. The fourth-order valence-corrected chi connectivity index (χ4v) is 1.43. The van der Waals surface area contributed by atoms with Crippen molar-refractivity contribution in [2.45, 2.75) is 20.3 Å². The average Bonchev–Trinajstić information content (AvgIpc) is 2.28. The first-order valence-corrected chi connectivity index (χ1v) is 5.60. The van der Waals surface area contributed by atoms with Crippen LogP contribution in [0.5, 0.6) is 0 Å². The number of carbonyl (C=O) groups excluding carboxylic acids is 1. The van der Waals surface area contributed by atoms with Crippen LogP contribution in [0.2, 0.25) is 0 Å². The normalized spacial score (nSPS) is 9.88. The van der Waals surface area contributed by atoms with Crippen LogP contribution in [0.25, 0.3) is 0 Å². The Morgan fingerprint density at radius 3 is 2.75 bits per heavy atom. The third kappa shape index (κ3) is 3.15. The van der Waals surface area contributed by atoms with E-state index in [1.807, 2.05) is 19.9 Å². The number of carbonyl (C=O) groups is 1. The van der Waals surface area contributed by atoms with E-state index in [1.54, 1.807) is 12.1 Å². The molecule has 0 saturated carbocycles. The molecule has 1 aromatic carbocycles. The van der Waals surface area contributed by atoms with E-state index in [9.17, 15) is 4.79 Å². The van der Waals surface area contributed by atoms with E-state index in [2.05, 4.69) is 10.6 Å². The van der Waals surface area contributed by atoms with Crippen molar-refractivity contribution in [3.05, 3.63) is 23.8 Å². The van der Waals surface area contributed by atoms with Crippen LogP contribution in [0.4, 0.5) is 11.4 Å². The molecular formula is C12H19N3O. The van der Waals surface area contributed by atoms with Gasteiger partial charge >= 0.3 is 0 Å². The van der Waals surface area contributed by atoms with E-state index in [-0.39, 0.29) is 5.91 Å². The van der Waals surface area contributed by atoms with Gasteiger partial charge < -0.3 is 16.4 Å². The van der Waals surface area contributed by atoms with E-state index in [1.165, 1.54) is 0 Å². The second-order valence-electron chi connectivity index (χ2n) is 3.59. The van der Waals surface area contributed by atoms with Gasteiger partial charge in [-0.3, -0.25) is 4.79 Å². The van der Waals surface area contributed by atoms with Crippen molar-refractivity contribution in [1.29, 1.82) is 0 Å². The molecule has 1 amide bonds. The third-order valence-corrected chi connectivity index (χ3v) is 2.19. The smallest absolute Gasteiger partial charge is 0.253 e. The molecule has 0 heterocycles. The van der Waals surface area contributed by atoms with Crippen molar-refractivity contribution >= 4 is 17.3 Å². The molecule has 0 aliphatic heterocycles. The minimum atomic E-state index is -0.0786. The van der Waals surface area contributed by atoms with Gasteiger partial charge in [-0.1, -0.05) is 6.92 Å². The summed E-state index contributed by atoms with van der Waals surface area (Å²) in [5.74, 6) is -0.0786. The lowest BCUT2D eigenvalue weighted by Crippen LogP contribution is -2.25. The van der Waals surface area contributed by atoms with E-state index >= 15 is 0 Å². The van der Waals surface area contributed by atoms with Gasteiger partial charge in [0, 0.05) is 24.5 Å². The maximum absolute atomic E-state index is 11.8. The number of hydrogen-bond donors (Lipinski definition) is 3. The quantitative estimate of drug-likeness (QED) is 0.665. The fraction of sp³-hybridized carbons (Fsp3) is 0.417. The Balaban J connectivity index is 2.90. The zero-order valence-electron chi connectivity index (χ0n) is 9.84. The summed E-state index contributed by atoms with van der Waals surface area (Å²) in [6.07, 6.45) is 0.921. The summed E-state index contributed by atoms with van der Waals surface area (Å²) in [5.41, 5.74) is 7.71. The zero-order chi connectivity index (χ0) is 12.0. The van der Waals surface area contributed by atoms with Gasteiger partial charge in [-0.25, -0.2) is 0 Å². The van der Waals surface area contributed by atoms with Crippen molar-refractivity contribution in [2.24, 2.45) is 0 Å². The largest absolute Gasteiger partial charge is 0.399 e. The van der Waals surface area contributed by atoms with Gasteiger partial charge in [-0.05, 0) is 31.5 Å². The summed E-state index contributed by atoms with van der Waals surface area (Å²) < 4.78 is 0. The molecule has 0 aliphatic carbocycles. The number of rotatable bonds is 5. The van der Waals surface area contributed by atoms with Crippen LogP contribution in [0.1, 0.15) is 30.6 Å². The predicted octanol–water partition coefficient (Wildman–Crippen LogP) is 1.84. The lowest BCUT2D eigenvalue weighted by atomic mass is 10.1. The first kappa shape index (κ1) is 12.4. The topological polar surface area (TPSA) is 67.2 Å². The van der Waals surface area contributed by atoms with Crippen molar-refractivity contribution in [3.63, 3.8) is 0 Å². The summed E-state index contributed by atoms with van der Waals surface area (Å²) in [6, 6.07) is 5.32. The standard InChI is InChI=1S/C12H19N3O/c1-3-7-15-12(16)10-8-9(13)5-6-11(10)14-4-2/h5-6,8,14H,3-4,7,13H2,1-2H3,(H,15,16). The van der Waals surface area contributed by atoms with Crippen LogP contribution in [0.3, 0.4) is 0 Å². The number of nitrogen functional groups attached to an aromatic ring is 1. The molecule has 4 heteroatoms. The molecule has 1 rings (SSSR count). The number of anilines is 2. The molecule has 0 unspecified atom stereocenters. The minimum absolute atomic E-state index is 0.0786.